The monoisotopic (exact) mass is 654 g/mol. The van der Waals surface area contributed by atoms with Crippen LogP contribution in [-0.2, 0) is 9.47 Å². The summed E-state index contributed by atoms with van der Waals surface area (Å²) in [6.45, 7) is 1.28. The second-order valence-corrected chi connectivity index (χ2v) is 10.7. The molecule has 3 aromatic carbocycles. The van der Waals surface area contributed by atoms with Gasteiger partial charge in [-0.1, -0.05) is 63.3 Å². The Labute approximate surface area is 263 Å². The molecule has 0 N–H and O–H groups in total. The van der Waals surface area contributed by atoms with Gasteiger partial charge in [0.25, 0.3) is 0 Å². The molecule has 0 aliphatic heterocycles. The smallest absolute Gasteiger partial charge is 0.455 e. The number of benzene rings is 3. The van der Waals surface area contributed by atoms with Crippen LogP contribution in [0.5, 0.6) is 11.5 Å². The van der Waals surface area contributed by atoms with E-state index < -0.39 is 54.7 Å². The second kappa shape index (κ2) is 17.0. The van der Waals surface area contributed by atoms with Crippen molar-refractivity contribution in [2.24, 2.45) is 0 Å². The minimum atomic E-state index is -5.79. The molecule has 0 spiro atoms. The molecule has 0 heterocycles. The number of alkyl halides is 5. The van der Waals surface area contributed by atoms with Crippen LogP contribution in [-0.4, -0.2) is 50.0 Å². The summed E-state index contributed by atoms with van der Waals surface area (Å²) in [5.41, 5.74) is 1.38. The molecule has 0 aliphatic rings. The van der Waals surface area contributed by atoms with Crippen LogP contribution in [0, 0.1) is 5.82 Å². The highest BCUT2D eigenvalue weighted by Crippen LogP contribution is 2.35. The van der Waals surface area contributed by atoms with Crippen LogP contribution in [0.15, 0.2) is 66.7 Å². The maximum Gasteiger partial charge on any atom is 0.455 e. The van der Waals surface area contributed by atoms with Gasteiger partial charge in [-0.05, 0) is 60.9 Å². The Morgan fingerprint density at radius 1 is 0.761 bits per heavy atom. The first-order chi connectivity index (χ1) is 21.8. The summed E-state index contributed by atoms with van der Waals surface area (Å²) in [7, 11) is 0. The van der Waals surface area contributed by atoms with Crippen molar-refractivity contribution in [1.82, 2.24) is 0 Å². The third-order valence-electron chi connectivity index (χ3n) is 6.80. The van der Waals surface area contributed by atoms with Gasteiger partial charge in [-0.3, -0.25) is 0 Å². The fourth-order valence-electron chi connectivity index (χ4n) is 4.22. The molecule has 3 rings (SSSR count). The molecular weight excluding hydrogens is 618 g/mol. The number of esters is 2. The van der Waals surface area contributed by atoms with Crippen molar-refractivity contribution in [3.05, 3.63) is 83.7 Å². The van der Waals surface area contributed by atoms with Crippen LogP contribution in [0.3, 0.4) is 0 Å². The average molecular weight is 655 g/mol. The standard InChI is InChI=1S/C34H36F6O6/c1-3-4-5-6-7-8-19-44-27-15-13-25(14-16-27)24-9-11-26(12-10-24)31(41)46-28-17-18-29(30(35)20-28)32(42)45-23(2)21-43-22-33(36,37)34(38,39)40/h9-18,20,23H,3-8,19,21-22H2,1-2H3. The number of halogens is 6. The van der Waals surface area contributed by atoms with Gasteiger partial charge < -0.3 is 18.9 Å². The molecule has 0 saturated carbocycles. The lowest BCUT2D eigenvalue weighted by atomic mass is 10.0. The topological polar surface area (TPSA) is 71.1 Å². The van der Waals surface area contributed by atoms with Gasteiger partial charge >= 0.3 is 24.0 Å². The minimum absolute atomic E-state index is 0.191. The molecule has 0 saturated heterocycles. The molecule has 1 atom stereocenters. The van der Waals surface area contributed by atoms with Crippen molar-refractivity contribution >= 4 is 11.9 Å². The Bertz CT molecular complexity index is 1410. The Balaban J connectivity index is 1.48. The summed E-state index contributed by atoms with van der Waals surface area (Å²) < 4.78 is 97.3. The van der Waals surface area contributed by atoms with Gasteiger partial charge in [0.2, 0.25) is 0 Å². The zero-order valence-electron chi connectivity index (χ0n) is 25.5. The van der Waals surface area contributed by atoms with Crippen molar-refractivity contribution in [2.45, 2.75) is 70.6 Å². The molecule has 12 heteroatoms. The van der Waals surface area contributed by atoms with Gasteiger partial charge in [-0.2, -0.15) is 22.0 Å². The number of hydrogen-bond donors (Lipinski definition) is 0. The largest absolute Gasteiger partial charge is 0.494 e. The third-order valence-corrected chi connectivity index (χ3v) is 6.80. The molecule has 0 aliphatic carbocycles. The van der Waals surface area contributed by atoms with Crippen molar-refractivity contribution in [3.8, 4) is 22.6 Å². The van der Waals surface area contributed by atoms with E-state index in [0.29, 0.717) is 6.61 Å². The van der Waals surface area contributed by atoms with Crippen LogP contribution in [0.4, 0.5) is 26.3 Å². The van der Waals surface area contributed by atoms with E-state index in [0.717, 1.165) is 47.9 Å². The first-order valence-electron chi connectivity index (χ1n) is 14.9. The van der Waals surface area contributed by atoms with Crippen molar-refractivity contribution in [3.63, 3.8) is 0 Å². The lowest BCUT2D eigenvalue weighted by Crippen LogP contribution is -2.41. The molecule has 250 valence electrons. The maximum absolute atomic E-state index is 14.6. The molecule has 1 unspecified atom stereocenters. The Morgan fingerprint density at radius 3 is 1.96 bits per heavy atom. The zero-order chi connectivity index (χ0) is 33.7. The van der Waals surface area contributed by atoms with Gasteiger partial charge in [0, 0.05) is 6.07 Å². The van der Waals surface area contributed by atoms with E-state index in [4.69, 9.17) is 14.2 Å². The summed E-state index contributed by atoms with van der Waals surface area (Å²) >= 11 is 0. The summed E-state index contributed by atoms with van der Waals surface area (Å²) in [6, 6.07) is 17.1. The van der Waals surface area contributed by atoms with Crippen LogP contribution in [0.1, 0.15) is 73.1 Å². The highest BCUT2D eigenvalue weighted by Gasteiger charge is 2.57. The second-order valence-electron chi connectivity index (χ2n) is 10.7. The fourth-order valence-corrected chi connectivity index (χ4v) is 4.22. The predicted octanol–water partition coefficient (Wildman–Crippen LogP) is 9.21. The van der Waals surface area contributed by atoms with Gasteiger partial charge in [-0.25, -0.2) is 14.0 Å². The van der Waals surface area contributed by atoms with E-state index in [9.17, 15) is 35.9 Å². The van der Waals surface area contributed by atoms with Crippen LogP contribution >= 0.6 is 0 Å². The highest BCUT2D eigenvalue weighted by atomic mass is 19.4. The number of unbranched alkanes of at least 4 members (excludes halogenated alkanes) is 5. The van der Waals surface area contributed by atoms with E-state index in [-0.39, 0.29) is 11.3 Å². The van der Waals surface area contributed by atoms with Crippen LogP contribution < -0.4 is 9.47 Å². The predicted molar refractivity (Wildman–Crippen MR) is 159 cm³/mol. The van der Waals surface area contributed by atoms with E-state index >= 15 is 0 Å². The first-order valence-corrected chi connectivity index (χ1v) is 14.9. The summed E-state index contributed by atoms with van der Waals surface area (Å²) in [5.74, 6) is -7.61. The number of carbonyl (C=O) groups is 2. The zero-order valence-corrected chi connectivity index (χ0v) is 25.5. The maximum atomic E-state index is 14.6. The number of carbonyl (C=O) groups excluding carboxylic acids is 2. The Kier molecular flexibility index (Phi) is 13.5. The van der Waals surface area contributed by atoms with E-state index in [1.807, 2.05) is 24.3 Å². The molecule has 0 aromatic heterocycles. The number of rotatable bonds is 17. The molecule has 3 aromatic rings. The van der Waals surface area contributed by atoms with Crippen LogP contribution in [0.25, 0.3) is 11.1 Å². The molecule has 0 amide bonds. The summed E-state index contributed by atoms with van der Waals surface area (Å²) in [6.07, 6.45) is 0.0498. The summed E-state index contributed by atoms with van der Waals surface area (Å²) in [5, 5.41) is 0. The van der Waals surface area contributed by atoms with Crippen molar-refractivity contribution in [2.75, 3.05) is 19.8 Å². The quantitative estimate of drug-likeness (QED) is 0.0626. The SMILES string of the molecule is CCCCCCCCOc1ccc(-c2ccc(C(=O)Oc3ccc(C(=O)OC(C)COCC(F)(F)C(F)(F)F)c(F)c3)cc2)cc1. The fraction of sp³-hybridized carbons (Fsp3) is 0.412. The Hall–Kier alpha value is -4.06. The van der Waals surface area contributed by atoms with Gasteiger partial charge in [0.15, 0.2) is 0 Å². The Morgan fingerprint density at radius 2 is 1.35 bits per heavy atom. The number of hydrogen-bond acceptors (Lipinski definition) is 6. The van der Waals surface area contributed by atoms with Crippen molar-refractivity contribution in [1.29, 1.82) is 0 Å². The molecule has 6 nitrogen and oxygen atoms in total. The van der Waals surface area contributed by atoms with Gasteiger partial charge in [0.1, 0.15) is 30.0 Å². The normalized spacial score (nSPS) is 12.4. The first kappa shape index (κ1) is 36.4. The lowest BCUT2D eigenvalue weighted by molar-refractivity contribution is -0.297. The molecule has 46 heavy (non-hydrogen) atoms. The third kappa shape index (κ3) is 11.1. The van der Waals surface area contributed by atoms with Gasteiger partial charge in [-0.15, -0.1) is 0 Å². The summed E-state index contributed by atoms with van der Waals surface area (Å²) in [4.78, 5) is 24.9. The average Bonchev–Trinajstić information content (AvgIpc) is 3.00. The van der Waals surface area contributed by atoms with Crippen LogP contribution in [0.2, 0.25) is 0 Å². The van der Waals surface area contributed by atoms with E-state index in [1.165, 1.54) is 32.6 Å². The minimum Gasteiger partial charge on any atom is -0.494 e. The van der Waals surface area contributed by atoms with E-state index in [1.54, 1.807) is 24.3 Å². The molecule has 0 fully saturated rings. The lowest BCUT2D eigenvalue weighted by Gasteiger charge is -2.20. The van der Waals surface area contributed by atoms with Gasteiger partial charge in [0.05, 0.1) is 24.3 Å². The van der Waals surface area contributed by atoms with E-state index in [2.05, 4.69) is 11.7 Å². The number of ether oxygens (including phenoxy) is 4. The highest BCUT2D eigenvalue weighted by molar-refractivity contribution is 5.92. The molecule has 0 bridgehead atoms. The molecular formula is C34H36F6O6. The molecule has 0 radical (unpaired) electrons. The van der Waals surface area contributed by atoms with Crippen molar-refractivity contribution < 1.29 is 54.9 Å².